The summed E-state index contributed by atoms with van der Waals surface area (Å²) in [5.74, 6) is 0. The van der Waals surface area contributed by atoms with Crippen molar-refractivity contribution >= 4 is 34.1 Å². The molecule has 0 spiro atoms. The van der Waals surface area contributed by atoms with Crippen LogP contribution in [0.1, 0.15) is 0 Å². The molecule has 0 aromatic heterocycles. The summed E-state index contributed by atoms with van der Waals surface area (Å²) in [5, 5.41) is 12.0. The number of hydrogen-bond donors (Lipinski definition) is 0. The van der Waals surface area contributed by atoms with E-state index in [0.29, 0.717) is 9.13 Å². The molecule has 2 nitrogen and oxygen atoms in total. The van der Waals surface area contributed by atoms with Gasteiger partial charge in [0.1, 0.15) is 0 Å². The van der Waals surface area contributed by atoms with Crippen LogP contribution in [-0.4, -0.2) is 34.1 Å². The van der Waals surface area contributed by atoms with Gasteiger partial charge in [0.15, 0.2) is 0 Å². The van der Waals surface area contributed by atoms with Crippen LogP contribution in [0.4, 0.5) is 4.79 Å². The Morgan fingerprint density at radius 3 is 2.60 bits per heavy atom. The van der Waals surface area contributed by atoms with Gasteiger partial charge < -0.3 is 9.90 Å². The van der Waals surface area contributed by atoms with Gasteiger partial charge in [-0.25, -0.2) is 0 Å². The quantitative estimate of drug-likeness (QED) is 0.376. The van der Waals surface area contributed by atoms with E-state index >= 15 is 0 Å². The standard InChI is InChI=1S/C5H5O2Si2.Na/c6-5(7)9-3-1-2-8-4-9;/h1-4H,(H,6,7);/q;+1/p-1. The molecule has 10 heavy (non-hydrogen) atoms. The second-order valence-electron chi connectivity index (χ2n) is 1.58. The topological polar surface area (TPSA) is 40.1 Å². The van der Waals surface area contributed by atoms with Crippen molar-refractivity contribution in [2.75, 3.05) is 0 Å². The fourth-order valence-corrected chi connectivity index (χ4v) is 3.32. The zero-order valence-electron chi connectivity index (χ0n) is 5.63. The van der Waals surface area contributed by atoms with Crippen LogP contribution < -0.4 is 34.7 Å². The average Bonchev–Trinajstić information content (AvgIpc) is 1.90. The molecule has 0 N–H and O–H groups in total. The monoisotopic (exact) mass is 175 g/mol. The number of carbonyl (C=O) groups is 1. The molecule has 1 rings (SSSR count). The molecule has 1 heterocycles. The molecule has 45 valence electrons. The molecule has 0 unspecified atom stereocenters. The van der Waals surface area contributed by atoms with E-state index in [1.165, 1.54) is 0 Å². The molecule has 0 amide bonds. The maximum atomic E-state index is 10.2. The molecule has 0 aliphatic carbocycles. The second-order valence-corrected chi connectivity index (χ2v) is 5.05. The van der Waals surface area contributed by atoms with E-state index in [2.05, 4.69) is 0 Å². The molecule has 1 radical (unpaired) electrons. The van der Waals surface area contributed by atoms with E-state index in [-0.39, 0.29) is 29.6 Å². The molecule has 0 saturated carbocycles. The largest absolute Gasteiger partial charge is 1.00 e. The van der Waals surface area contributed by atoms with Crippen LogP contribution in [-0.2, 0) is 0 Å². The van der Waals surface area contributed by atoms with Gasteiger partial charge in [-0.15, -0.1) is 0 Å². The summed E-state index contributed by atoms with van der Waals surface area (Å²) >= 11 is 0. The molecule has 0 bridgehead atoms. The molecular weight excluding hydrogens is 171 g/mol. The number of hydrogen-bond acceptors (Lipinski definition) is 2. The molecule has 1 aliphatic heterocycles. The minimum atomic E-state index is -1.38. The third-order valence-electron chi connectivity index (χ3n) is 0.943. The summed E-state index contributed by atoms with van der Waals surface area (Å²) in [7, 11) is -0.822. The summed E-state index contributed by atoms with van der Waals surface area (Å²) in [6.07, 6.45) is 1.81. The first kappa shape index (κ1) is 10.4. The van der Waals surface area contributed by atoms with E-state index in [0.717, 1.165) is 0 Å². The van der Waals surface area contributed by atoms with E-state index in [1.807, 2.05) is 17.1 Å². The van der Waals surface area contributed by atoms with Crippen molar-refractivity contribution in [3.8, 4) is 0 Å². The van der Waals surface area contributed by atoms with Crippen LogP contribution in [0.5, 0.6) is 0 Å². The van der Waals surface area contributed by atoms with Gasteiger partial charge in [0.25, 0.3) is 0 Å². The zero-order chi connectivity index (χ0) is 6.69. The molecule has 0 aromatic carbocycles. The molecule has 0 atom stereocenters. The van der Waals surface area contributed by atoms with Crippen molar-refractivity contribution in [2.45, 2.75) is 0 Å². The molecule has 5 heteroatoms. The Kier molecular flexibility index (Phi) is 5.28. The Labute approximate surface area is 84.9 Å². The predicted molar refractivity (Wildman–Crippen MR) is 38.2 cm³/mol. The molecule has 0 fully saturated rings. The Hall–Kier alpha value is 0.384. The van der Waals surface area contributed by atoms with Crippen LogP contribution in [0, 0.1) is 0 Å². The van der Waals surface area contributed by atoms with Crippen molar-refractivity contribution in [3.63, 3.8) is 0 Å². The third kappa shape index (κ3) is 2.98. The van der Waals surface area contributed by atoms with Crippen LogP contribution in [0.15, 0.2) is 11.8 Å². The first-order valence-corrected chi connectivity index (χ1v) is 5.29. The average molecular weight is 175 g/mol. The maximum absolute atomic E-state index is 10.2. The van der Waals surface area contributed by atoms with Gasteiger partial charge in [0, 0.05) is 14.7 Å². The summed E-state index contributed by atoms with van der Waals surface area (Å²) in [4.78, 5) is 10.2. The fourth-order valence-electron chi connectivity index (χ4n) is 0.520. The Morgan fingerprint density at radius 2 is 2.30 bits per heavy atom. The van der Waals surface area contributed by atoms with E-state index < -0.39 is 14.0 Å². The minimum Gasteiger partial charge on any atom is -0.551 e. The normalized spacial score (nSPS) is 13.8. The van der Waals surface area contributed by atoms with Gasteiger partial charge >= 0.3 is 29.6 Å². The molecule has 0 saturated heterocycles. The predicted octanol–water partition coefficient (Wildman–Crippen LogP) is -4.63. The number of carboxylic acid groups (broad SMARTS) is 1. The van der Waals surface area contributed by atoms with Crippen molar-refractivity contribution in [1.29, 1.82) is 0 Å². The number of carbonyl (C=O) groups excluding carboxylic acids is 1. The SMILES string of the molecule is O=C([O-])[Si]1=CC=C[Si]=C1.[Na+]. The van der Waals surface area contributed by atoms with Gasteiger partial charge in [-0.05, 0) is 0 Å². The van der Waals surface area contributed by atoms with Gasteiger partial charge in [0.2, 0.25) is 0 Å². The van der Waals surface area contributed by atoms with E-state index in [1.54, 1.807) is 5.67 Å². The molecule has 0 aromatic rings. The van der Waals surface area contributed by atoms with Gasteiger partial charge in [-0.3, -0.25) is 0 Å². The summed E-state index contributed by atoms with van der Waals surface area (Å²) in [6.45, 7) is 0. The van der Waals surface area contributed by atoms with Crippen LogP contribution >= 0.6 is 0 Å². The van der Waals surface area contributed by atoms with E-state index in [4.69, 9.17) is 0 Å². The van der Waals surface area contributed by atoms with Crippen molar-refractivity contribution in [2.24, 2.45) is 0 Å². The third-order valence-corrected chi connectivity index (χ3v) is 4.26. The molecular formula is C5H4NaO2Si2. The first-order chi connectivity index (χ1) is 4.30. The minimum absolute atomic E-state index is 0. The smallest absolute Gasteiger partial charge is 0.551 e. The van der Waals surface area contributed by atoms with Crippen molar-refractivity contribution < 1.29 is 39.5 Å². The van der Waals surface area contributed by atoms with Crippen LogP contribution in [0.3, 0.4) is 0 Å². The Morgan fingerprint density at radius 1 is 1.60 bits per heavy atom. The fraction of sp³-hybridized carbons (Fsp3) is 0. The van der Waals surface area contributed by atoms with Gasteiger partial charge in [-0.2, -0.15) is 0 Å². The van der Waals surface area contributed by atoms with Crippen molar-refractivity contribution in [1.82, 2.24) is 0 Å². The van der Waals surface area contributed by atoms with Gasteiger partial charge in [-0.1, -0.05) is 22.7 Å². The summed E-state index contributed by atoms with van der Waals surface area (Å²) in [5.41, 5.74) is 2.77. The number of allylic oxidation sites excluding steroid dienone is 1. The Bertz CT molecular complexity index is 220. The van der Waals surface area contributed by atoms with E-state index in [9.17, 15) is 9.90 Å². The first-order valence-electron chi connectivity index (χ1n) is 2.48. The van der Waals surface area contributed by atoms with Crippen LogP contribution in [0.2, 0.25) is 0 Å². The summed E-state index contributed by atoms with van der Waals surface area (Å²) in [6, 6.07) is 0. The Balaban J connectivity index is 0.000000810. The van der Waals surface area contributed by atoms with Crippen molar-refractivity contribution in [3.05, 3.63) is 11.8 Å². The second kappa shape index (κ2) is 5.09. The zero-order valence-corrected chi connectivity index (χ0v) is 9.63. The van der Waals surface area contributed by atoms with Crippen LogP contribution in [0.25, 0.3) is 0 Å². The number of rotatable bonds is 1. The maximum Gasteiger partial charge on any atom is 1.00 e. The molecule has 1 aliphatic rings. The van der Waals surface area contributed by atoms with Gasteiger partial charge in [0.05, 0.1) is 8.41 Å². The summed E-state index contributed by atoms with van der Waals surface area (Å²) < 4.78 is 0.